The second-order valence-corrected chi connectivity index (χ2v) is 4.98. The molecular weight excluding hydrogens is 196 g/mol. The van der Waals surface area contributed by atoms with Gasteiger partial charge in [0.1, 0.15) is 0 Å². The van der Waals surface area contributed by atoms with E-state index in [4.69, 9.17) is 5.73 Å². The Hall–Kier alpha value is -0.860. The molecule has 1 aromatic carbocycles. The molecule has 0 saturated heterocycles. The molecule has 2 atom stereocenters. The Balaban J connectivity index is 1.90. The number of nitrogens with two attached hydrogens (primary N) is 1. The molecule has 2 heteroatoms. The summed E-state index contributed by atoms with van der Waals surface area (Å²) in [5.41, 5.74) is 7.42. The molecular formula is C14H22N2. The van der Waals surface area contributed by atoms with Gasteiger partial charge in [0.05, 0.1) is 0 Å². The van der Waals surface area contributed by atoms with E-state index in [9.17, 15) is 0 Å². The van der Waals surface area contributed by atoms with Gasteiger partial charge in [-0.15, -0.1) is 0 Å². The van der Waals surface area contributed by atoms with E-state index in [0.29, 0.717) is 12.1 Å². The molecule has 1 aliphatic rings. The third-order valence-electron chi connectivity index (χ3n) is 3.59. The van der Waals surface area contributed by atoms with Crippen molar-refractivity contribution < 1.29 is 0 Å². The maximum Gasteiger partial charge on any atom is 0.0233 e. The van der Waals surface area contributed by atoms with Crippen LogP contribution >= 0.6 is 0 Å². The third-order valence-corrected chi connectivity index (χ3v) is 3.59. The van der Waals surface area contributed by atoms with Crippen LogP contribution in [0.25, 0.3) is 0 Å². The number of hydrogen-bond acceptors (Lipinski definition) is 2. The van der Waals surface area contributed by atoms with Crippen LogP contribution in [0.5, 0.6) is 0 Å². The molecule has 2 nitrogen and oxygen atoms in total. The summed E-state index contributed by atoms with van der Waals surface area (Å²) in [6.45, 7) is 1.04. The lowest BCUT2D eigenvalue weighted by Gasteiger charge is -2.34. The first-order valence-corrected chi connectivity index (χ1v) is 6.25. The minimum atomic E-state index is 0.414. The molecule has 0 aromatic heterocycles. The van der Waals surface area contributed by atoms with Gasteiger partial charge >= 0.3 is 0 Å². The summed E-state index contributed by atoms with van der Waals surface area (Å²) >= 11 is 0. The van der Waals surface area contributed by atoms with Gasteiger partial charge in [-0.25, -0.2) is 0 Å². The van der Waals surface area contributed by atoms with E-state index in [2.05, 4.69) is 42.3 Å². The van der Waals surface area contributed by atoms with Crippen LogP contribution in [0.15, 0.2) is 30.3 Å². The molecule has 2 N–H and O–H groups in total. The fourth-order valence-electron chi connectivity index (χ4n) is 2.60. The Morgan fingerprint density at radius 3 is 2.69 bits per heavy atom. The van der Waals surface area contributed by atoms with Crippen LogP contribution in [0.4, 0.5) is 0 Å². The van der Waals surface area contributed by atoms with Gasteiger partial charge in [0.15, 0.2) is 0 Å². The fraction of sp³-hybridized carbons (Fsp3) is 0.571. The summed E-state index contributed by atoms with van der Waals surface area (Å²) in [6.07, 6.45) is 4.95. The molecule has 0 heterocycles. The van der Waals surface area contributed by atoms with Gasteiger partial charge in [-0.3, -0.25) is 4.90 Å². The number of rotatable bonds is 3. The lowest BCUT2D eigenvalue weighted by Crippen LogP contribution is -2.40. The quantitative estimate of drug-likeness (QED) is 0.844. The molecule has 16 heavy (non-hydrogen) atoms. The molecule has 0 spiro atoms. The van der Waals surface area contributed by atoms with E-state index in [1.165, 1.54) is 24.8 Å². The highest BCUT2D eigenvalue weighted by Gasteiger charge is 2.22. The Kier molecular flexibility index (Phi) is 3.97. The van der Waals surface area contributed by atoms with Crippen LogP contribution in [-0.4, -0.2) is 24.0 Å². The SMILES string of the molecule is CN(Cc1ccccc1)[C@H]1CCC[C@@H](N)C1. The molecule has 88 valence electrons. The Morgan fingerprint density at radius 1 is 1.25 bits per heavy atom. The molecule has 1 saturated carbocycles. The molecule has 0 amide bonds. The minimum absolute atomic E-state index is 0.414. The van der Waals surface area contributed by atoms with Gasteiger partial charge in [0.25, 0.3) is 0 Å². The predicted octanol–water partition coefficient (Wildman–Crippen LogP) is 2.39. The van der Waals surface area contributed by atoms with Crippen molar-refractivity contribution in [2.45, 2.75) is 44.3 Å². The largest absolute Gasteiger partial charge is 0.328 e. The lowest BCUT2D eigenvalue weighted by molar-refractivity contribution is 0.173. The van der Waals surface area contributed by atoms with E-state index in [-0.39, 0.29) is 0 Å². The van der Waals surface area contributed by atoms with E-state index in [1.54, 1.807) is 0 Å². The van der Waals surface area contributed by atoms with Gasteiger partial charge in [-0.05, 0) is 31.9 Å². The van der Waals surface area contributed by atoms with Gasteiger partial charge in [0.2, 0.25) is 0 Å². The maximum atomic E-state index is 6.03. The van der Waals surface area contributed by atoms with Crippen molar-refractivity contribution in [3.63, 3.8) is 0 Å². The first-order valence-electron chi connectivity index (χ1n) is 6.25. The van der Waals surface area contributed by atoms with Gasteiger partial charge in [-0.1, -0.05) is 36.8 Å². The van der Waals surface area contributed by atoms with Crippen LogP contribution in [0, 0.1) is 0 Å². The van der Waals surface area contributed by atoms with Crippen molar-refractivity contribution in [2.24, 2.45) is 5.73 Å². The van der Waals surface area contributed by atoms with Gasteiger partial charge < -0.3 is 5.73 Å². The van der Waals surface area contributed by atoms with Crippen molar-refractivity contribution in [3.8, 4) is 0 Å². The van der Waals surface area contributed by atoms with E-state index in [1.807, 2.05) is 0 Å². The summed E-state index contributed by atoms with van der Waals surface area (Å²) in [5, 5.41) is 0. The monoisotopic (exact) mass is 218 g/mol. The average Bonchev–Trinajstić information content (AvgIpc) is 2.30. The molecule has 1 aliphatic carbocycles. The topological polar surface area (TPSA) is 29.3 Å². The van der Waals surface area contributed by atoms with Crippen molar-refractivity contribution in [1.82, 2.24) is 4.90 Å². The van der Waals surface area contributed by atoms with Crippen molar-refractivity contribution in [3.05, 3.63) is 35.9 Å². The molecule has 0 radical (unpaired) electrons. The van der Waals surface area contributed by atoms with E-state index in [0.717, 1.165) is 13.0 Å². The zero-order valence-corrected chi connectivity index (χ0v) is 10.1. The highest BCUT2D eigenvalue weighted by molar-refractivity contribution is 5.14. The standard InChI is InChI=1S/C14H22N2/c1-16(11-12-6-3-2-4-7-12)14-9-5-8-13(15)10-14/h2-4,6-7,13-14H,5,8-11,15H2,1H3/t13-,14+/m1/s1. The average molecular weight is 218 g/mol. The van der Waals surface area contributed by atoms with Crippen LogP contribution in [0.1, 0.15) is 31.2 Å². The first-order chi connectivity index (χ1) is 7.75. The number of benzene rings is 1. The number of hydrogen-bond donors (Lipinski definition) is 1. The van der Waals surface area contributed by atoms with Crippen molar-refractivity contribution in [1.29, 1.82) is 0 Å². The highest BCUT2D eigenvalue weighted by atomic mass is 15.1. The Bertz CT molecular complexity index is 310. The number of nitrogens with zero attached hydrogens (tertiary/aromatic N) is 1. The summed E-state index contributed by atoms with van der Waals surface area (Å²) < 4.78 is 0. The summed E-state index contributed by atoms with van der Waals surface area (Å²) in [6, 6.07) is 11.8. The van der Waals surface area contributed by atoms with Crippen molar-refractivity contribution in [2.75, 3.05) is 7.05 Å². The molecule has 0 unspecified atom stereocenters. The summed E-state index contributed by atoms with van der Waals surface area (Å²) in [5.74, 6) is 0. The zero-order chi connectivity index (χ0) is 11.4. The van der Waals surface area contributed by atoms with Gasteiger partial charge in [-0.2, -0.15) is 0 Å². The third kappa shape index (κ3) is 3.06. The molecule has 0 bridgehead atoms. The fourth-order valence-corrected chi connectivity index (χ4v) is 2.60. The first kappa shape index (κ1) is 11.6. The van der Waals surface area contributed by atoms with Crippen molar-refractivity contribution >= 4 is 0 Å². The zero-order valence-electron chi connectivity index (χ0n) is 10.1. The second-order valence-electron chi connectivity index (χ2n) is 4.98. The minimum Gasteiger partial charge on any atom is -0.328 e. The highest BCUT2D eigenvalue weighted by Crippen LogP contribution is 2.22. The maximum absolute atomic E-state index is 6.03. The molecule has 1 aromatic rings. The summed E-state index contributed by atoms with van der Waals surface area (Å²) in [7, 11) is 2.22. The predicted molar refractivity (Wildman–Crippen MR) is 68.1 cm³/mol. The summed E-state index contributed by atoms with van der Waals surface area (Å²) in [4.78, 5) is 2.45. The Morgan fingerprint density at radius 2 is 2.00 bits per heavy atom. The van der Waals surface area contributed by atoms with Crippen LogP contribution in [0.2, 0.25) is 0 Å². The molecule has 0 aliphatic heterocycles. The molecule has 1 fully saturated rings. The smallest absolute Gasteiger partial charge is 0.0233 e. The normalized spacial score (nSPS) is 25.9. The van der Waals surface area contributed by atoms with Crippen LogP contribution in [-0.2, 0) is 6.54 Å². The second kappa shape index (κ2) is 5.46. The lowest BCUT2D eigenvalue weighted by atomic mass is 9.90. The van der Waals surface area contributed by atoms with E-state index < -0.39 is 0 Å². The van der Waals surface area contributed by atoms with Crippen LogP contribution in [0.3, 0.4) is 0 Å². The van der Waals surface area contributed by atoms with E-state index >= 15 is 0 Å². The molecule has 2 rings (SSSR count). The Labute approximate surface area is 98.4 Å². The van der Waals surface area contributed by atoms with Gasteiger partial charge in [0, 0.05) is 18.6 Å². The van der Waals surface area contributed by atoms with Crippen LogP contribution < -0.4 is 5.73 Å².